The number of piperidine rings is 1. The van der Waals surface area contributed by atoms with Gasteiger partial charge in [0.15, 0.2) is 0 Å². The van der Waals surface area contributed by atoms with E-state index >= 15 is 0 Å². The van der Waals surface area contributed by atoms with E-state index in [0.29, 0.717) is 0 Å². The Labute approximate surface area is 242 Å². The van der Waals surface area contributed by atoms with Crippen LogP contribution in [-0.4, -0.2) is 47.1 Å². The molecule has 0 saturated carbocycles. The Morgan fingerprint density at radius 3 is 2.22 bits per heavy atom. The maximum Gasteiger partial charge on any atom is 0.261 e. The lowest BCUT2D eigenvalue weighted by atomic mass is 9.91. The summed E-state index contributed by atoms with van der Waals surface area (Å²) in [7, 11) is -2.78. The molecule has 2 atom stereocenters. The van der Waals surface area contributed by atoms with Crippen molar-refractivity contribution in [2.45, 2.75) is 51.2 Å². The molecule has 41 heavy (non-hydrogen) atoms. The van der Waals surface area contributed by atoms with Crippen molar-refractivity contribution >= 4 is 30.2 Å². The number of nitrogens with one attached hydrogen (secondary N) is 1. The standard InChI is InChI=1S/C33H38N6OSi/c1-23-15-16-27(36-21-23)28-17-18-29-31(37-32(34)38-39(28)29)26-19-20-35-22-30(26)40-41(33(2,3)4,24-11-7-5-8-12-24)25-13-9-6-10-14-25/h5-18,21,26,30,35H,19-20,22H2,1-4H3,(H2,34,38)/t26-,30-/m0/s1. The predicted molar refractivity (Wildman–Crippen MR) is 168 cm³/mol. The zero-order chi connectivity index (χ0) is 28.6. The molecule has 3 N–H and O–H groups in total. The smallest absolute Gasteiger partial charge is 0.261 e. The molecule has 0 unspecified atom stereocenters. The first kappa shape index (κ1) is 27.3. The molecular weight excluding hydrogens is 524 g/mol. The highest BCUT2D eigenvalue weighted by Gasteiger charge is 2.52. The van der Waals surface area contributed by atoms with E-state index in [9.17, 15) is 0 Å². The number of benzene rings is 2. The number of nitrogens with zero attached hydrogens (tertiary/aromatic N) is 4. The number of anilines is 1. The minimum absolute atomic E-state index is 0.0411. The number of nitrogens with two attached hydrogens (primary N) is 1. The van der Waals surface area contributed by atoms with E-state index in [4.69, 9.17) is 15.1 Å². The van der Waals surface area contributed by atoms with E-state index < -0.39 is 8.32 Å². The molecule has 0 aliphatic carbocycles. The summed E-state index contributed by atoms with van der Waals surface area (Å²) in [5, 5.41) is 10.6. The number of aryl methyl sites for hydroxylation is 1. The van der Waals surface area contributed by atoms with E-state index in [1.807, 2.05) is 23.7 Å². The van der Waals surface area contributed by atoms with Gasteiger partial charge < -0.3 is 15.5 Å². The number of pyridine rings is 1. The number of nitrogen functional groups attached to an aromatic ring is 1. The quantitative estimate of drug-likeness (QED) is 0.292. The molecule has 7 nitrogen and oxygen atoms in total. The molecule has 210 valence electrons. The first-order valence-electron chi connectivity index (χ1n) is 14.4. The van der Waals surface area contributed by atoms with Gasteiger partial charge in [0.25, 0.3) is 8.32 Å². The molecule has 5 aromatic rings. The van der Waals surface area contributed by atoms with Gasteiger partial charge in [-0.05, 0) is 59.1 Å². The van der Waals surface area contributed by atoms with E-state index in [-0.39, 0.29) is 23.0 Å². The van der Waals surface area contributed by atoms with Crippen LogP contribution in [0.4, 0.5) is 5.95 Å². The number of hydrogen-bond acceptors (Lipinski definition) is 6. The van der Waals surface area contributed by atoms with Crippen LogP contribution in [0.15, 0.2) is 91.1 Å². The summed E-state index contributed by atoms with van der Waals surface area (Å²) in [6.45, 7) is 10.6. The second kappa shape index (κ2) is 10.9. The highest BCUT2D eigenvalue weighted by atomic mass is 28.4. The van der Waals surface area contributed by atoms with Crippen molar-refractivity contribution in [3.8, 4) is 11.4 Å². The van der Waals surface area contributed by atoms with Crippen LogP contribution in [-0.2, 0) is 4.43 Å². The van der Waals surface area contributed by atoms with Crippen molar-refractivity contribution in [2.75, 3.05) is 18.8 Å². The Morgan fingerprint density at radius 1 is 0.927 bits per heavy atom. The molecule has 1 aliphatic heterocycles. The fourth-order valence-electron chi connectivity index (χ4n) is 6.31. The van der Waals surface area contributed by atoms with Gasteiger partial charge in [0, 0.05) is 18.7 Å². The molecule has 4 heterocycles. The van der Waals surface area contributed by atoms with Crippen LogP contribution in [0.5, 0.6) is 0 Å². The van der Waals surface area contributed by atoms with Crippen LogP contribution in [0.1, 0.15) is 44.4 Å². The lowest BCUT2D eigenvalue weighted by Gasteiger charge is -2.47. The van der Waals surface area contributed by atoms with Crippen molar-refractivity contribution in [2.24, 2.45) is 0 Å². The summed E-state index contributed by atoms with van der Waals surface area (Å²) in [4.78, 5) is 9.52. The van der Waals surface area contributed by atoms with E-state index in [1.54, 1.807) is 0 Å². The molecule has 3 aromatic heterocycles. The third-order valence-corrected chi connectivity index (χ3v) is 13.3. The van der Waals surface area contributed by atoms with Crippen LogP contribution in [0.25, 0.3) is 16.9 Å². The molecule has 0 radical (unpaired) electrons. The second-order valence-electron chi connectivity index (χ2n) is 12.0. The van der Waals surface area contributed by atoms with Crippen molar-refractivity contribution in [3.63, 3.8) is 0 Å². The normalized spacial score (nSPS) is 18.0. The maximum absolute atomic E-state index is 7.63. The fraction of sp³-hybridized carbons (Fsp3) is 0.303. The van der Waals surface area contributed by atoms with Gasteiger partial charge in [0.05, 0.1) is 28.7 Å². The lowest BCUT2D eigenvalue weighted by molar-refractivity contribution is 0.130. The average molecular weight is 563 g/mol. The zero-order valence-corrected chi connectivity index (χ0v) is 25.2. The van der Waals surface area contributed by atoms with Gasteiger partial charge >= 0.3 is 0 Å². The Morgan fingerprint density at radius 2 is 1.61 bits per heavy atom. The average Bonchev–Trinajstić information content (AvgIpc) is 3.40. The number of fused-ring (bicyclic) bond motifs is 1. The number of aromatic nitrogens is 4. The molecule has 1 fully saturated rings. The molecule has 1 saturated heterocycles. The van der Waals surface area contributed by atoms with Gasteiger partial charge in [-0.25, -0.2) is 9.50 Å². The summed E-state index contributed by atoms with van der Waals surface area (Å²) in [5.74, 6) is 0.291. The molecule has 8 heteroatoms. The Hall–Kier alpha value is -3.85. The highest BCUT2D eigenvalue weighted by molar-refractivity contribution is 6.99. The summed E-state index contributed by atoms with van der Waals surface area (Å²) in [6, 6.07) is 29.9. The first-order chi connectivity index (χ1) is 19.8. The summed E-state index contributed by atoms with van der Waals surface area (Å²) in [6.07, 6.45) is 2.66. The first-order valence-corrected chi connectivity index (χ1v) is 16.3. The van der Waals surface area contributed by atoms with Gasteiger partial charge in [0.2, 0.25) is 5.95 Å². The van der Waals surface area contributed by atoms with Gasteiger partial charge in [-0.15, -0.1) is 5.10 Å². The van der Waals surface area contributed by atoms with Crippen LogP contribution in [0.2, 0.25) is 5.04 Å². The van der Waals surface area contributed by atoms with Crippen LogP contribution in [0, 0.1) is 6.92 Å². The Kier molecular flexibility index (Phi) is 7.23. The molecular formula is C33H38N6OSi. The lowest BCUT2D eigenvalue weighted by Crippen LogP contribution is -2.69. The van der Waals surface area contributed by atoms with Gasteiger partial charge in [-0.3, -0.25) is 4.98 Å². The Balaban J connectivity index is 1.48. The van der Waals surface area contributed by atoms with Crippen LogP contribution < -0.4 is 21.4 Å². The zero-order valence-electron chi connectivity index (χ0n) is 24.2. The minimum atomic E-state index is -2.78. The van der Waals surface area contributed by atoms with Crippen LogP contribution >= 0.6 is 0 Å². The van der Waals surface area contributed by atoms with Crippen molar-refractivity contribution in [3.05, 3.63) is 102 Å². The predicted octanol–water partition coefficient (Wildman–Crippen LogP) is 4.70. The Bertz CT molecular complexity index is 1590. The molecule has 2 aromatic carbocycles. The van der Waals surface area contributed by atoms with Crippen molar-refractivity contribution in [1.29, 1.82) is 0 Å². The SMILES string of the molecule is Cc1ccc(-c2ccc3c([C@H]4CCNC[C@@H]4O[Si](c4ccccc4)(c4ccccc4)C(C)(C)C)nc(N)nn23)nc1. The van der Waals surface area contributed by atoms with Gasteiger partial charge in [0.1, 0.15) is 0 Å². The van der Waals surface area contributed by atoms with E-state index in [1.165, 1.54) is 10.4 Å². The number of hydrogen-bond donors (Lipinski definition) is 2. The maximum atomic E-state index is 7.63. The molecule has 1 aliphatic rings. The van der Waals surface area contributed by atoms with Crippen molar-refractivity contribution < 1.29 is 4.43 Å². The summed E-state index contributed by atoms with van der Waals surface area (Å²) < 4.78 is 9.53. The summed E-state index contributed by atoms with van der Waals surface area (Å²) >= 11 is 0. The third-order valence-electron chi connectivity index (χ3n) is 8.25. The number of rotatable bonds is 6. The van der Waals surface area contributed by atoms with E-state index in [2.05, 4.69) is 115 Å². The minimum Gasteiger partial charge on any atom is -0.402 e. The highest BCUT2D eigenvalue weighted by Crippen LogP contribution is 2.41. The largest absolute Gasteiger partial charge is 0.402 e. The molecule has 0 amide bonds. The van der Waals surface area contributed by atoms with Crippen molar-refractivity contribution in [1.82, 2.24) is 24.9 Å². The van der Waals surface area contributed by atoms with Gasteiger partial charge in [-0.2, -0.15) is 0 Å². The summed E-state index contributed by atoms with van der Waals surface area (Å²) in [5.41, 5.74) is 11.1. The molecule has 0 spiro atoms. The second-order valence-corrected chi connectivity index (χ2v) is 16.3. The molecule has 0 bridgehead atoms. The topological polar surface area (TPSA) is 90.4 Å². The van der Waals surface area contributed by atoms with E-state index in [0.717, 1.165) is 47.7 Å². The fourth-order valence-corrected chi connectivity index (χ4v) is 11.0. The van der Waals surface area contributed by atoms with Crippen LogP contribution in [0.3, 0.4) is 0 Å². The monoisotopic (exact) mass is 562 g/mol. The third kappa shape index (κ3) is 4.96. The molecule has 6 rings (SSSR count). The van der Waals surface area contributed by atoms with Gasteiger partial charge in [-0.1, -0.05) is 87.5 Å².